The monoisotopic (exact) mass is 342 g/mol. The van der Waals surface area contributed by atoms with Gasteiger partial charge < -0.3 is 5.73 Å². The Bertz CT molecular complexity index is 752. The number of halogens is 1. The molecule has 100 valence electrons. The molecule has 0 atom stereocenters. The van der Waals surface area contributed by atoms with Gasteiger partial charge in [-0.3, -0.25) is 5.41 Å². The molecule has 0 bridgehead atoms. The number of aromatic nitrogens is 2. The summed E-state index contributed by atoms with van der Waals surface area (Å²) in [7, 11) is -3.31. The van der Waals surface area contributed by atoms with Crippen molar-refractivity contribution in [2.45, 2.75) is 4.90 Å². The van der Waals surface area contributed by atoms with Crippen molar-refractivity contribution in [1.82, 2.24) is 9.78 Å². The summed E-state index contributed by atoms with van der Waals surface area (Å²) in [6.45, 7) is 0. The van der Waals surface area contributed by atoms with Gasteiger partial charge in [0.1, 0.15) is 10.7 Å². The number of hydrogen-bond acceptors (Lipinski definition) is 4. The minimum atomic E-state index is -3.31. The van der Waals surface area contributed by atoms with Crippen LogP contribution in [0, 0.1) is 5.41 Å². The quantitative estimate of drug-likeness (QED) is 0.648. The largest absolute Gasteiger partial charge is 0.384 e. The summed E-state index contributed by atoms with van der Waals surface area (Å²) in [5.41, 5.74) is 6.54. The van der Waals surface area contributed by atoms with Crippen molar-refractivity contribution in [2.75, 3.05) is 6.26 Å². The molecule has 3 N–H and O–H groups in total. The first kappa shape index (κ1) is 13.8. The number of hydrogen-bond donors (Lipinski definition) is 2. The second-order valence-electron chi connectivity index (χ2n) is 3.94. The van der Waals surface area contributed by atoms with Gasteiger partial charge in [0.05, 0.1) is 17.4 Å². The van der Waals surface area contributed by atoms with E-state index in [1.807, 2.05) is 0 Å². The molecule has 2 aromatic rings. The third kappa shape index (κ3) is 2.69. The lowest BCUT2D eigenvalue weighted by atomic mass is 10.1. The van der Waals surface area contributed by atoms with Gasteiger partial charge in [-0.05, 0) is 28.1 Å². The lowest BCUT2D eigenvalue weighted by Crippen LogP contribution is -2.15. The first-order valence-electron chi connectivity index (χ1n) is 5.18. The Morgan fingerprint density at radius 1 is 1.47 bits per heavy atom. The van der Waals surface area contributed by atoms with Crippen LogP contribution < -0.4 is 5.73 Å². The average Bonchev–Trinajstić information content (AvgIpc) is 2.76. The smallest absolute Gasteiger partial charge is 0.178 e. The van der Waals surface area contributed by atoms with Crippen LogP contribution in [-0.2, 0) is 9.84 Å². The van der Waals surface area contributed by atoms with Gasteiger partial charge in [0.2, 0.25) is 0 Å². The lowest BCUT2D eigenvalue weighted by Gasteiger charge is -2.09. The summed E-state index contributed by atoms with van der Waals surface area (Å²) >= 11 is 3.31. The number of benzene rings is 1. The molecule has 1 heterocycles. The van der Waals surface area contributed by atoms with E-state index in [9.17, 15) is 8.42 Å². The van der Waals surface area contributed by atoms with Crippen LogP contribution in [0.25, 0.3) is 5.69 Å². The van der Waals surface area contributed by atoms with Crippen LogP contribution in [0.5, 0.6) is 0 Å². The first-order valence-corrected chi connectivity index (χ1v) is 7.87. The lowest BCUT2D eigenvalue weighted by molar-refractivity contribution is 0.602. The fourth-order valence-corrected chi connectivity index (χ4v) is 2.70. The van der Waals surface area contributed by atoms with Crippen molar-refractivity contribution in [1.29, 1.82) is 5.41 Å². The van der Waals surface area contributed by atoms with Gasteiger partial charge in [0.25, 0.3) is 0 Å². The maximum Gasteiger partial charge on any atom is 0.178 e. The molecule has 6 nitrogen and oxygen atoms in total. The van der Waals surface area contributed by atoms with Gasteiger partial charge in [0.15, 0.2) is 9.84 Å². The van der Waals surface area contributed by atoms with Crippen LogP contribution in [0.3, 0.4) is 0 Å². The highest BCUT2D eigenvalue weighted by Gasteiger charge is 2.15. The molecule has 0 unspecified atom stereocenters. The van der Waals surface area contributed by atoms with Crippen molar-refractivity contribution in [3.63, 3.8) is 0 Å². The predicted octanol–water partition coefficient (Wildman–Crippen LogP) is 1.32. The maximum absolute atomic E-state index is 11.4. The molecule has 0 amide bonds. The number of nitrogens with one attached hydrogen (secondary N) is 1. The standard InChI is InChI=1S/C11H11BrN4O2S/c1-19(17,18)7-5-15-16(6-7)9-4-2-3-8(12)10(9)11(13)14/h2-6H,1H3,(H3,13,14). The van der Waals surface area contributed by atoms with Crippen LogP contribution in [-0.4, -0.2) is 30.3 Å². The van der Waals surface area contributed by atoms with Crippen molar-refractivity contribution < 1.29 is 8.42 Å². The average molecular weight is 343 g/mol. The Morgan fingerprint density at radius 2 is 2.16 bits per heavy atom. The molecule has 2 rings (SSSR count). The molecule has 0 spiro atoms. The normalized spacial score (nSPS) is 11.5. The highest BCUT2D eigenvalue weighted by Crippen LogP contribution is 2.23. The molecule has 0 saturated heterocycles. The summed E-state index contributed by atoms with van der Waals surface area (Å²) < 4.78 is 24.9. The summed E-state index contributed by atoms with van der Waals surface area (Å²) in [5, 5.41) is 11.6. The zero-order valence-electron chi connectivity index (χ0n) is 9.96. The molecule has 19 heavy (non-hydrogen) atoms. The summed E-state index contributed by atoms with van der Waals surface area (Å²) in [5.74, 6) is -0.126. The summed E-state index contributed by atoms with van der Waals surface area (Å²) in [6, 6.07) is 5.22. The number of amidine groups is 1. The van der Waals surface area contributed by atoms with E-state index in [-0.39, 0.29) is 10.7 Å². The Morgan fingerprint density at radius 3 is 2.68 bits per heavy atom. The van der Waals surface area contributed by atoms with Gasteiger partial charge in [-0.1, -0.05) is 6.07 Å². The molecule has 8 heteroatoms. The SMILES string of the molecule is CS(=O)(=O)c1cnn(-c2cccc(Br)c2C(=N)N)c1. The van der Waals surface area contributed by atoms with E-state index in [0.29, 0.717) is 15.7 Å². The van der Waals surface area contributed by atoms with Crippen molar-refractivity contribution in [3.8, 4) is 5.69 Å². The van der Waals surface area contributed by atoms with Gasteiger partial charge in [-0.2, -0.15) is 5.10 Å². The van der Waals surface area contributed by atoms with Gasteiger partial charge >= 0.3 is 0 Å². The molecule has 0 aliphatic rings. The first-order chi connectivity index (χ1) is 8.80. The fourth-order valence-electron chi connectivity index (χ4n) is 1.60. The van der Waals surface area contributed by atoms with Gasteiger partial charge in [-0.15, -0.1) is 0 Å². The van der Waals surface area contributed by atoms with Crippen molar-refractivity contribution in [3.05, 3.63) is 40.6 Å². The van der Waals surface area contributed by atoms with E-state index in [2.05, 4.69) is 21.0 Å². The molecule has 1 aromatic heterocycles. The minimum absolute atomic E-state index is 0.113. The van der Waals surface area contributed by atoms with Crippen LogP contribution in [0.2, 0.25) is 0 Å². The van der Waals surface area contributed by atoms with E-state index in [0.717, 1.165) is 6.26 Å². The Hall–Kier alpha value is -1.67. The number of rotatable bonds is 3. The van der Waals surface area contributed by atoms with Crippen molar-refractivity contribution >= 4 is 31.6 Å². The second-order valence-corrected chi connectivity index (χ2v) is 6.81. The minimum Gasteiger partial charge on any atom is -0.384 e. The third-order valence-electron chi connectivity index (χ3n) is 2.49. The maximum atomic E-state index is 11.4. The van der Waals surface area contributed by atoms with E-state index >= 15 is 0 Å². The number of nitrogen functional groups attached to an aromatic ring is 1. The Balaban J connectivity index is 2.63. The molecule has 0 saturated carbocycles. The van der Waals surface area contributed by atoms with E-state index in [4.69, 9.17) is 11.1 Å². The second kappa shape index (κ2) is 4.78. The topological polar surface area (TPSA) is 102 Å². The summed E-state index contributed by atoms with van der Waals surface area (Å²) in [6.07, 6.45) is 3.77. The number of nitrogens with two attached hydrogens (primary N) is 1. The predicted molar refractivity (Wildman–Crippen MR) is 75.4 cm³/mol. The van der Waals surface area contributed by atoms with E-state index < -0.39 is 9.84 Å². The highest BCUT2D eigenvalue weighted by molar-refractivity contribution is 9.10. The van der Waals surface area contributed by atoms with Crippen LogP contribution in [0.4, 0.5) is 0 Å². The molecular formula is C11H11BrN4O2S. The van der Waals surface area contributed by atoms with Crippen LogP contribution in [0.15, 0.2) is 40.0 Å². The van der Waals surface area contributed by atoms with Gasteiger partial charge in [0, 0.05) is 16.9 Å². The molecule has 0 aliphatic heterocycles. The molecular weight excluding hydrogens is 332 g/mol. The molecule has 0 radical (unpaired) electrons. The third-order valence-corrected chi connectivity index (χ3v) is 4.22. The Kier molecular flexibility index (Phi) is 3.46. The van der Waals surface area contributed by atoms with Crippen LogP contribution in [0.1, 0.15) is 5.56 Å². The highest BCUT2D eigenvalue weighted by atomic mass is 79.9. The number of nitrogens with zero attached hydrogens (tertiary/aromatic N) is 2. The van der Waals surface area contributed by atoms with Crippen molar-refractivity contribution in [2.24, 2.45) is 5.73 Å². The number of sulfone groups is 1. The van der Waals surface area contributed by atoms with Crippen LogP contribution >= 0.6 is 15.9 Å². The zero-order valence-corrected chi connectivity index (χ0v) is 12.4. The Labute approximate surface area is 118 Å². The fraction of sp³-hybridized carbons (Fsp3) is 0.0909. The molecule has 0 aliphatic carbocycles. The van der Waals surface area contributed by atoms with Gasteiger partial charge in [-0.25, -0.2) is 13.1 Å². The summed E-state index contributed by atoms with van der Waals surface area (Å²) in [4.78, 5) is 0.113. The zero-order chi connectivity index (χ0) is 14.2. The molecule has 0 fully saturated rings. The van der Waals surface area contributed by atoms with E-state index in [1.165, 1.54) is 17.1 Å². The molecule has 1 aromatic carbocycles. The van der Waals surface area contributed by atoms with E-state index in [1.54, 1.807) is 18.2 Å².